The molecule has 8 nitrogen and oxygen atoms in total. The van der Waals surface area contributed by atoms with Crippen LogP contribution in [-0.2, 0) is 4.79 Å². The van der Waals surface area contributed by atoms with E-state index in [9.17, 15) is 19.7 Å². The Bertz CT molecular complexity index is 778. The third kappa shape index (κ3) is 4.87. The Morgan fingerprint density at radius 2 is 1.86 bits per heavy atom. The van der Waals surface area contributed by atoms with Crippen LogP contribution in [0.5, 0.6) is 0 Å². The molecular formula is C20H29ClN4O4. The van der Waals surface area contributed by atoms with E-state index in [1.165, 1.54) is 18.2 Å². The quantitative estimate of drug-likeness (QED) is 0.589. The maximum absolute atomic E-state index is 13.0. The average Bonchev–Trinajstić information content (AvgIpc) is 3.16. The van der Waals surface area contributed by atoms with Gasteiger partial charge >= 0.3 is 0 Å². The number of halogens is 1. The molecule has 2 heterocycles. The van der Waals surface area contributed by atoms with Gasteiger partial charge in [0.2, 0.25) is 5.91 Å². The Hall–Kier alpha value is -2.19. The van der Waals surface area contributed by atoms with Crippen molar-refractivity contribution in [3.8, 4) is 0 Å². The van der Waals surface area contributed by atoms with E-state index in [0.717, 1.165) is 19.3 Å². The number of amides is 2. The van der Waals surface area contributed by atoms with E-state index in [-0.39, 0.29) is 36.0 Å². The first-order chi connectivity index (χ1) is 13.3. The van der Waals surface area contributed by atoms with Crippen LogP contribution in [0.1, 0.15) is 48.5 Å². The first-order valence-electron chi connectivity index (χ1n) is 9.90. The predicted octanol–water partition coefficient (Wildman–Crippen LogP) is 2.52. The van der Waals surface area contributed by atoms with E-state index in [0.29, 0.717) is 43.1 Å². The fourth-order valence-corrected chi connectivity index (χ4v) is 4.28. The number of likely N-dealkylation sites (tertiary alicyclic amines) is 2. The van der Waals surface area contributed by atoms with Gasteiger partial charge in [0.15, 0.2) is 0 Å². The maximum atomic E-state index is 13.0. The van der Waals surface area contributed by atoms with E-state index in [2.05, 4.69) is 0 Å². The van der Waals surface area contributed by atoms with Crippen molar-refractivity contribution < 1.29 is 14.5 Å². The van der Waals surface area contributed by atoms with Gasteiger partial charge in [0.05, 0.1) is 4.92 Å². The molecule has 2 N–H and O–H groups in total. The van der Waals surface area contributed by atoms with E-state index < -0.39 is 11.0 Å². The first kappa shape index (κ1) is 23.1. The topological polar surface area (TPSA) is 110 Å². The average molecular weight is 425 g/mol. The second kappa shape index (κ2) is 9.54. The number of nitrogens with zero attached hydrogens (tertiary/aromatic N) is 3. The molecule has 2 atom stereocenters. The lowest BCUT2D eigenvalue weighted by Gasteiger charge is -2.36. The normalized spacial score (nSPS) is 20.9. The highest BCUT2D eigenvalue weighted by Crippen LogP contribution is 2.27. The fourth-order valence-electron chi connectivity index (χ4n) is 4.28. The van der Waals surface area contributed by atoms with Crippen LogP contribution >= 0.6 is 12.4 Å². The number of nitro benzene ring substituents is 1. The van der Waals surface area contributed by atoms with Crippen molar-refractivity contribution in [2.45, 2.75) is 51.6 Å². The molecule has 2 amide bonds. The first-order valence-corrected chi connectivity index (χ1v) is 9.90. The van der Waals surface area contributed by atoms with Gasteiger partial charge in [0.1, 0.15) is 6.04 Å². The molecule has 1 aromatic carbocycles. The third-order valence-electron chi connectivity index (χ3n) is 6.03. The van der Waals surface area contributed by atoms with Crippen molar-refractivity contribution in [1.82, 2.24) is 9.80 Å². The molecule has 2 aliphatic heterocycles. The highest BCUT2D eigenvalue weighted by Gasteiger charge is 2.38. The Labute approximate surface area is 177 Å². The van der Waals surface area contributed by atoms with E-state index >= 15 is 0 Å². The molecule has 2 saturated heterocycles. The zero-order chi connectivity index (χ0) is 20.4. The second-order valence-corrected chi connectivity index (χ2v) is 7.94. The minimum atomic E-state index is -0.461. The highest BCUT2D eigenvalue weighted by atomic mass is 35.5. The molecule has 2 fully saturated rings. The number of hydrogen-bond acceptors (Lipinski definition) is 5. The summed E-state index contributed by atoms with van der Waals surface area (Å²) < 4.78 is 0. The molecule has 0 radical (unpaired) electrons. The smallest absolute Gasteiger partial charge is 0.272 e. The van der Waals surface area contributed by atoms with Crippen LogP contribution in [0.3, 0.4) is 0 Å². The lowest BCUT2D eigenvalue weighted by molar-refractivity contribution is -0.385. The van der Waals surface area contributed by atoms with Crippen LogP contribution in [0.15, 0.2) is 18.2 Å². The molecule has 29 heavy (non-hydrogen) atoms. The summed E-state index contributed by atoms with van der Waals surface area (Å²) in [6.45, 7) is 5.51. The Kier molecular flexibility index (Phi) is 7.60. The third-order valence-corrected chi connectivity index (χ3v) is 6.03. The summed E-state index contributed by atoms with van der Waals surface area (Å²) in [6, 6.07) is 4.05. The number of carbonyl (C=O) groups excluding carboxylic acids is 2. The summed E-state index contributed by atoms with van der Waals surface area (Å²) in [5, 5.41) is 11.0. The van der Waals surface area contributed by atoms with Crippen molar-refractivity contribution in [3.05, 3.63) is 39.4 Å². The van der Waals surface area contributed by atoms with Crippen LogP contribution in [0.25, 0.3) is 0 Å². The molecule has 160 valence electrons. The number of aryl methyl sites for hydroxylation is 1. The van der Waals surface area contributed by atoms with Crippen LogP contribution in [0, 0.1) is 23.0 Å². The second-order valence-electron chi connectivity index (χ2n) is 7.94. The molecule has 0 saturated carbocycles. The van der Waals surface area contributed by atoms with Gasteiger partial charge in [-0.2, -0.15) is 0 Å². The molecule has 1 aromatic rings. The largest absolute Gasteiger partial charge is 0.341 e. The molecule has 0 spiro atoms. The zero-order valence-corrected chi connectivity index (χ0v) is 17.7. The summed E-state index contributed by atoms with van der Waals surface area (Å²) in [5.41, 5.74) is 6.80. The number of rotatable bonds is 4. The molecule has 9 heteroatoms. The van der Waals surface area contributed by atoms with Crippen molar-refractivity contribution in [2.24, 2.45) is 11.7 Å². The van der Waals surface area contributed by atoms with Crippen LogP contribution in [0.2, 0.25) is 0 Å². The monoisotopic (exact) mass is 424 g/mol. The summed E-state index contributed by atoms with van der Waals surface area (Å²) in [6.07, 6.45) is 3.23. The summed E-state index contributed by atoms with van der Waals surface area (Å²) >= 11 is 0. The van der Waals surface area contributed by atoms with Crippen molar-refractivity contribution in [1.29, 1.82) is 0 Å². The zero-order valence-electron chi connectivity index (χ0n) is 16.9. The van der Waals surface area contributed by atoms with Crippen molar-refractivity contribution >= 4 is 29.9 Å². The van der Waals surface area contributed by atoms with E-state index in [1.807, 2.05) is 11.8 Å². The molecule has 2 unspecified atom stereocenters. The molecular weight excluding hydrogens is 396 g/mol. The van der Waals surface area contributed by atoms with Crippen molar-refractivity contribution in [2.75, 3.05) is 19.6 Å². The van der Waals surface area contributed by atoms with Crippen LogP contribution < -0.4 is 5.73 Å². The predicted molar refractivity (Wildman–Crippen MR) is 112 cm³/mol. The molecule has 0 aliphatic carbocycles. The Morgan fingerprint density at radius 1 is 1.21 bits per heavy atom. The highest BCUT2D eigenvalue weighted by molar-refractivity contribution is 5.98. The van der Waals surface area contributed by atoms with Gasteiger partial charge in [0, 0.05) is 42.9 Å². The van der Waals surface area contributed by atoms with E-state index in [4.69, 9.17) is 5.73 Å². The number of hydrogen-bond donors (Lipinski definition) is 1. The van der Waals surface area contributed by atoms with Crippen LogP contribution in [-0.4, -0.2) is 58.3 Å². The molecule has 2 aliphatic rings. The molecule has 3 rings (SSSR count). The maximum Gasteiger partial charge on any atom is 0.272 e. The minimum absolute atomic E-state index is 0. The SMILES string of the molecule is Cc1cc(C(=O)N2CCCC2C(=O)N2CCC(C(C)N)CC2)ccc1[N+](=O)[O-].Cl. The lowest BCUT2D eigenvalue weighted by Crippen LogP contribution is -2.51. The summed E-state index contributed by atoms with van der Waals surface area (Å²) in [4.78, 5) is 40.0. The van der Waals surface area contributed by atoms with Gasteiger partial charge in [-0.25, -0.2) is 0 Å². The van der Waals surface area contributed by atoms with Gasteiger partial charge < -0.3 is 15.5 Å². The number of benzene rings is 1. The fraction of sp³-hybridized carbons (Fsp3) is 0.600. The van der Waals surface area contributed by atoms with Crippen molar-refractivity contribution in [3.63, 3.8) is 0 Å². The number of nitrogens with two attached hydrogens (primary N) is 1. The van der Waals surface area contributed by atoms with Gasteiger partial charge in [-0.1, -0.05) is 0 Å². The minimum Gasteiger partial charge on any atom is -0.341 e. The number of nitro groups is 1. The Balaban J connectivity index is 0.00000300. The summed E-state index contributed by atoms with van der Waals surface area (Å²) in [5.74, 6) is 0.209. The van der Waals surface area contributed by atoms with Gasteiger partial charge in [0.25, 0.3) is 11.6 Å². The van der Waals surface area contributed by atoms with Gasteiger partial charge in [-0.3, -0.25) is 19.7 Å². The van der Waals surface area contributed by atoms with Gasteiger partial charge in [-0.05, 0) is 57.6 Å². The van der Waals surface area contributed by atoms with Crippen LogP contribution in [0.4, 0.5) is 5.69 Å². The summed E-state index contributed by atoms with van der Waals surface area (Å²) in [7, 11) is 0. The Morgan fingerprint density at radius 3 is 2.41 bits per heavy atom. The van der Waals surface area contributed by atoms with E-state index in [1.54, 1.807) is 11.8 Å². The number of piperidine rings is 1. The molecule has 0 bridgehead atoms. The molecule has 0 aromatic heterocycles. The van der Waals surface area contributed by atoms with Gasteiger partial charge in [-0.15, -0.1) is 12.4 Å². The standard InChI is InChI=1S/C20H28N4O4.ClH/c1-13-12-16(5-6-17(13)24(27)28)19(25)23-9-3-4-18(23)20(26)22-10-7-15(8-11-22)14(2)21;/h5-6,12,14-15,18H,3-4,7-11,21H2,1-2H3;1H. The lowest BCUT2D eigenvalue weighted by atomic mass is 9.90. The number of carbonyl (C=O) groups is 2.